The molecular formula is C16H12Cl2FNO. The number of benzene rings is 2. The molecule has 0 saturated heterocycles. The van der Waals surface area contributed by atoms with Crippen molar-refractivity contribution in [2.24, 2.45) is 0 Å². The van der Waals surface area contributed by atoms with Crippen LogP contribution in [0.2, 0.25) is 10.0 Å². The van der Waals surface area contributed by atoms with Gasteiger partial charge >= 0.3 is 0 Å². The molecule has 2 nitrogen and oxygen atoms in total. The Morgan fingerprint density at radius 1 is 1.14 bits per heavy atom. The lowest BCUT2D eigenvalue weighted by Gasteiger charge is -2.05. The molecule has 0 atom stereocenters. The van der Waals surface area contributed by atoms with Crippen LogP contribution in [0.1, 0.15) is 11.1 Å². The van der Waals surface area contributed by atoms with Crippen molar-refractivity contribution in [3.05, 3.63) is 69.5 Å². The van der Waals surface area contributed by atoms with E-state index in [2.05, 4.69) is 5.32 Å². The van der Waals surface area contributed by atoms with Crippen molar-refractivity contribution in [2.45, 2.75) is 6.92 Å². The van der Waals surface area contributed by atoms with Gasteiger partial charge in [0.05, 0.1) is 15.7 Å². The lowest BCUT2D eigenvalue weighted by molar-refractivity contribution is -0.111. The van der Waals surface area contributed by atoms with Crippen LogP contribution in [0.5, 0.6) is 0 Å². The molecule has 0 unspecified atom stereocenters. The Bertz CT molecular complexity index is 713. The van der Waals surface area contributed by atoms with Gasteiger partial charge < -0.3 is 5.32 Å². The molecule has 2 aromatic rings. The van der Waals surface area contributed by atoms with Crippen molar-refractivity contribution < 1.29 is 9.18 Å². The van der Waals surface area contributed by atoms with Gasteiger partial charge in [-0.15, -0.1) is 0 Å². The van der Waals surface area contributed by atoms with E-state index in [9.17, 15) is 9.18 Å². The van der Waals surface area contributed by atoms with Crippen LogP contribution in [-0.2, 0) is 4.79 Å². The van der Waals surface area contributed by atoms with Crippen LogP contribution in [-0.4, -0.2) is 5.91 Å². The first kappa shape index (κ1) is 15.5. The maximum Gasteiger partial charge on any atom is 0.248 e. The van der Waals surface area contributed by atoms with E-state index < -0.39 is 11.7 Å². The first-order valence-corrected chi connectivity index (χ1v) is 6.91. The van der Waals surface area contributed by atoms with Crippen LogP contribution in [0.4, 0.5) is 10.1 Å². The van der Waals surface area contributed by atoms with Gasteiger partial charge in [-0.1, -0.05) is 35.3 Å². The van der Waals surface area contributed by atoms with Gasteiger partial charge in [-0.25, -0.2) is 4.39 Å². The molecule has 2 rings (SSSR count). The summed E-state index contributed by atoms with van der Waals surface area (Å²) in [5.74, 6) is -0.901. The number of hydrogen-bond donors (Lipinski definition) is 1. The minimum Gasteiger partial charge on any atom is -0.320 e. The molecule has 21 heavy (non-hydrogen) atoms. The fourth-order valence-corrected chi connectivity index (χ4v) is 2.00. The summed E-state index contributed by atoms with van der Waals surface area (Å²) in [6.07, 6.45) is 2.88. The predicted octanol–water partition coefficient (Wildman–Crippen LogP) is 5.09. The maximum absolute atomic E-state index is 13.5. The molecule has 5 heteroatoms. The van der Waals surface area contributed by atoms with Crippen LogP contribution >= 0.6 is 23.2 Å². The smallest absolute Gasteiger partial charge is 0.248 e. The molecule has 0 aliphatic carbocycles. The summed E-state index contributed by atoms with van der Waals surface area (Å²) < 4.78 is 13.5. The van der Waals surface area contributed by atoms with E-state index in [1.54, 1.807) is 36.4 Å². The quantitative estimate of drug-likeness (QED) is 0.783. The second-order valence-corrected chi connectivity index (χ2v) is 5.29. The Hall–Kier alpha value is -1.84. The van der Waals surface area contributed by atoms with Gasteiger partial charge in [0.15, 0.2) is 0 Å². The van der Waals surface area contributed by atoms with Gasteiger partial charge in [0, 0.05) is 6.08 Å². The minimum atomic E-state index is -0.475. The van der Waals surface area contributed by atoms with E-state index in [-0.39, 0.29) is 5.69 Å². The molecule has 0 heterocycles. The van der Waals surface area contributed by atoms with Crippen LogP contribution in [0.3, 0.4) is 0 Å². The molecule has 0 radical (unpaired) electrons. The van der Waals surface area contributed by atoms with Crippen molar-refractivity contribution in [3.63, 3.8) is 0 Å². The summed E-state index contributed by atoms with van der Waals surface area (Å²) >= 11 is 11.7. The molecule has 0 fully saturated rings. The van der Waals surface area contributed by atoms with E-state index in [0.29, 0.717) is 10.0 Å². The maximum atomic E-state index is 13.5. The van der Waals surface area contributed by atoms with Crippen molar-refractivity contribution in [1.82, 2.24) is 0 Å². The van der Waals surface area contributed by atoms with E-state index in [1.165, 1.54) is 12.1 Å². The number of anilines is 1. The van der Waals surface area contributed by atoms with Gasteiger partial charge in [0.1, 0.15) is 5.82 Å². The van der Waals surface area contributed by atoms with E-state index in [0.717, 1.165) is 11.1 Å². The molecule has 108 valence electrons. The fourth-order valence-electron chi connectivity index (χ4n) is 1.70. The summed E-state index contributed by atoms with van der Waals surface area (Å²) in [4.78, 5) is 11.8. The number of nitrogens with one attached hydrogen (secondary N) is 1. The highest BCUT2D eigenvalue weighted by Gasteiger charge is 2.05. The molecule has 0 spiro atoms. The molecule has 0 aromatic heterocycles. The predicted molar refractivity (Wildman–Crippen MR) is 85.3 cm³/mol. The van der Waals surface area contributed by atoms with Crippen molar-refractivity contribution in [1.29, 1.82) is 0 Å². The zero-order chi connectivity index (χ0) is 15.4. The summed E-state index contributed by atoms with van der Waals surface area (Å²) in [7, 11) is 0. The van der Waals surface area contributed by atoms with Gasteiger partial charge in [0.2, 0.25) is 5.91 Å². The summed E-state index contributed by atoms with van der Waals surface area (Å²) in [5, 5.41) is 3.34. The number of amides is 1. The Morgan fingerprint density at radius 2 is 1.90 bits per heavy atom. The number of hydrogen-bond acceptors (Lipinski definition) is 1. The Morgan fingerprint density at radius 3 is 2.62 bits per heavy atom. The third-order valence-corrected chi connectivity index (χ3v) is 3.49. The lowest BCUT2D eigenvalue weighted by atomic mass is 10.2. The lowest BCUT2D eigenvalue weighted by Crippen LogP contribution is -2.09. The van der Waals surface area contributed by atoms with E-state index >= 15 is 0 Å². The third kappa shape index (κ3) is 4.31. The topological polar surface area (TPSA) is 29.1 Å². The zero-order valence-corrected chi connectivity index (χ0v) is 12.7. The first-order chi connectivity index (χ1) is 9.95. The summed E-state index contributed by atoms with van der Waals surface area (Å²) in [6.45, 7) is 1.82. The second-order valence-electron chi connectivity index (χ2n) is 4.48. The highest BCUT2D eigenvalue weighted by molar-refractivity contribution is 6.42. The average Bonchev–Trinajstić information content (AvgIpc) is 2.44. The Kier molecular flexibility index (Phi) is 4.99. The summed E-state index contributed by atoms with van der Waals surface area (Å²) in [5.41, 5.74) is 1.74. The Labute approximate surface area is 132 Å². The number of rotatable bonds is 3. The van der Waals surface area contributed by atoms with Crippen molar-refractivity contribution in [3.8, 4) is 0 Å². The molecular weight excluding hydrogens is 312 g/mol. The van der Waals surface area contributed by atoms with Crippen molar-refractivity contribution in [2.75, 3.05) is 5.32 Å². The molecule has 0 aliphatic heterocycles. The van der Waals surface area contributed by atoms with Crippen LogP contribution in [0.15, 0.2) is 42.5 Å². The number of carbonyl (C=O) groups is 1. The first-order valence-electron chi connectivity index (χ1n) is 6.16. The monoisotopic (exact) mass is 323 g/mol. The number of aryl methyl sites for hydroxylation is 1. The largest absolute Gasteiger partial charge is 0.320 e. The van der Waals surface area contributed by atoms with Gasteiger partial charge in [-0.2, -0.15) is 0 Å². The molecule has 1 N–H and O–H groups in total. The fraction of sp³-hybridized carbons (Fsp3) is 0.0625. The number of carbonyl (C=O) groups excluding carboxylic acids is 1. The highest BCUT2D eigenvalue weighted by atomic mass is 35.5. The van der Waals surface area contributed by atoms with Crippen LogP contribution in [0.25, 0.3) is 6.08 Å². The standard InChI is InChI=1S/C16H12Cl2FNO/c1-10-2-6-14(19)15(8-10)20-16(21)7-4-11-3-5-12(17)13(18)9-11/h2-9H,1H3,(H,20,21)/b7-4+. The van der Waals surface area contributed by atoms with Gasteiger partial charge in [-0.3, -0.25) is 4.79 Å². The SMILES string of the molecule is Cc1ccc(F)c(NC(=O)/C=C/c2ccc(Cl)c(Cl)c2)c1. The second kappa shape index (κ2) is 6.74. The van der Waals surface area contributed by atoms with Gasteiger partial charge in [0.25, 0.3) is 0 Å². The average molecular weight is 324 g/mol. The van der Waals surface area contributed by atoms with Crippen molar-refractivity contribution >= 4 is 40.9 Å². The molecule has 1 amide bonds. The third-order valence-electron chi connectivity index (χ3n) is 2.75. The Balaban J connectivity index is 2.09. The molecule has 2 aromatic carbocycles. The zero-order valence-electron chi connectivity index (χ0n) is 11.2. The van der Waals surface area contributed by atoms with Gasteiger partial charge in [-0.05, 0) is 48.4 Å². The molecule has 0 bridgehead atoms. The normalized spacial score (nSPS) is 10.9. The molecule has 0 aliphatic rings. The van der Waals surface area contributed by atoms with E-state index in [1.807, 2.05) is 6.92 Å². The number of halogens is 3. The highest BCUT2D eigenvalue weighted by Crippen LogP contribution is 2.23. The van der Waals surface area contributed by atoms with E-state index in [4.69, 9.17) is 23.2 Å². The van der Waals surface area contributed by atoms with Crippen LogP contribution < -0.4 is 5.32 Å². The van der Waals surface area contributed by atoms with Crippen LogP contribution in [0, 0.1) is 12.7 Å². The minimum absolute atomic E-state index is 0.152. The summed E-state index contributed by atoms with van der Waals surface area (Å²) in [6, 6.07) is 9.53. The molecule has 0 saturated carbocycles.